The molecule has 0 aliphatic carbocycles. The summed E-state index contributed by atoms with van der Waals surface area (Å²) in [5, 5.41) is 5.64. The molecule has 1 heterocycles. The number of carbonyl (C=O) groups excluding carboxylic acids is 4. The predicted molar refractivity (Wildman–Crippen MR) is 113 cm³/mol. The van der Waals surface area contributed by atoms with Crippen molar-refractivity contribution < 1.29 is 23.9 Å². The van der Waals surface area contributed by atoms with E-state index in [4.69, 9.17) is 4.74 Å². The number of benzene rings is 3. The monoisotopic (exact) mass is 464 g/mol. The van der Waals surface area contributed by atoms with Crippen LogP contribution in [0, 0.1) is 0 Å². The summed E-state index contributed by atoms with van der Waals surface area (Å²) in [6.07, 6.45) is 1.26. The van der Waals surface area contributed by atoms with Crippen LogP contribution in [0.25, 0.3) is 16.8 Å². The van der Waals surface area contributed by atoms with Gasteiger partial charge in [0.2, 0.25) is 0 Å². The zero-order chi connectivity index (χ0) is 21.3. The first-order valence-corrected chi connectivity index (χ1v) is 9.59. The molecule has 2 N–H and O–H groups in total. The molecule has 0 atom stereocenters. The Balaban J connectivity index is 1.71. The molecule has 0 unspecified atom stereocenters. The third kappa shape index (κ3) is 3.85. The van der Waals surface area contributed by atoms with Crippen LogP contribution < -0.4 is 15.4 Å². The van der Waals surface area contributed by atoms with Gasteiger partial charge in [0.25, 0.3) is 11.8 Å². The maximum atomic E-state index is 12.9. The summed E-state index contributed by atoms with van der Waals surface area (Å²) < 4.78 is 6.24. The molecule has 0 saturated carbocycles. The number of hydrogen-bond donors (Lipinski definition) is 2. The number of carbonyl (C=O) groups is 4. The van der Waals surface area contributed by atoms with Crippen molar-refractivity contribution in [3.63, 3.8) is 0 Å². The second kappa shape index (κ2) is 7.92. The molecule has 3 aromatic carbocycles. The average molecular weight is 465 g/mol. The maximum Gasteiger partial charge on any atom is 0.344 e. The summed E-state index contributed by atoms with van der Waals surface area (Å²) in [5.41, 5.74) is 0.413. The SMILES string of the molecule is O=C1NC(=O)C(=Cc2cc(Br)ccc2OC(=O)c2cccc3ccccc23)C(=O)N1. The van der Waals surface area contributed by atoms with Crippen molar-refractivity contribution in [2.24, 2.45) is 0 Å². The highest BCUT2D eigenvalue weighted by Gasteiger charge is 2.28. The van der Waals surface area contributed by atoms with Gasteiger partial charge in [0.05, 0.1) is 5.56 Å². The fourth-order valence-corrected chi connectivity index (χ4v) is 3.42. The van der Waals surface area contributed by atoms with Crippen LogP contribution in [0.15, 0.2) is 70.7 Å². The molecule has 1 saturated heterocycles. The van der Waals surface area contributed by atoms with Crippen LogP contribution in [0.5, 0.6) is 5.75 Å². The number of rotatable bonds is 3. The highest BCUT2D eigenvalue weighted by molar-refractivity contribution is 9.10. The Labute approximate surface area is 178 Å². The second-order valence-corrected chi connectivity index (χ2v) is 7.31. The Kier molecular flexibility index (Phi) is 5.16. The van der Waals surface area contributed by atoms with E-state index >= 15 is 0 Å². The molecule has 8 heteroatoms. The molecule has 4 rings (SSSR count). The van der Waals surface area contributed by atoms with E-state index < -0.39 is 23.8 Å². The van der Waals surface area contributed by atoms with Crippen LogP contribution in [-0.4, -0.2) is 23.8 Å². The summed E-state index contributed by atoms with van der Waals surface area (Å²) in [5.74, 6) is -2.10. The van der Waals surface area contributed by atoms with Gasteiger partial charge >= 0.3 is 12.0 Å². The minimum absolute atomic E-state index is 0.154. The Bertz CT molecular complexity index is 1240. The number of esters is 1. The van der Waals surface area contributed by atoms with Gasteiger partial charge in [0.15, 0.2) is 0 Å². The van der Waals surface area contributed by atoms with Gasteiger partial charge in [0, 0.05) is 10.0 Å². The molecule has 4 amide bonds. The van der Waals surface area contributed by atoms with E-state index in [0.717, 1.165) is 10.8 Å². The quantitative estimate of drug-likeness (QED) is 0.267. The molecule has 0 aromatic heterocycles. The molecule has 1 aliphatic rings. The molecule has 30 heavy (non-hydrogen) atoms. The van der Waals surface area contributed by atoms with E-state index in [9.17, 15) is 19.2 Å². The standard InChI is InChI=1S/C22H13BrN2O5/c23-14-8-9-18(13(10-14)11-17-19(26)24-22(29)25-20(17)27)30-21(28)16-7-3-5-12-4-1-2-6-15(12)16/h1-11H,(H2,24,25,26,27,29). The zero-order valence-corrected chi connectivity index (χ0v) is 16.9. The van der Waals surface area contributed by atoms with Gasteiger partial charge in [-0.2, -0.15) is 0 Å². The van der Waals surface area contributed by atoms with E-state index in [-0.39, 0.29) is 11.3 Å². The molecule has 0 bridgehead atoms. The van der Waals surface area contributed by atoms with E-state index in [2.05, 4.69) is 15.9 Å². The lowest BCUT2D eigenvalue weighted by molar-refractivity contribution is -0.123. The van der Waals surface area contributed by atoms with E-state index in [1.807, 2.05) is 41.0 Å². The van der Waals surface area contributed by atoms with E-state index in [1.54, 1.807) is 30.3 Å². The van der Waals surface area contributed by atoms with Gasteiger partial charge in [-0.05, 0) is 41.1 Å². The number of barbiturate groups is 1. The average Bonchev–Trinajstić information content (AvgIpc) is 2.72. The number of fused-ring (bicyclic) bond motifs is 1. The van der Waals surface area contributed by atoms with Gasteiger partial charge < -0.3 is 4.74 Å². The lowest BCUT2D eigenvalue weighted by Crippen LogP contribution is -2.51. The van der Waals surface area contributed by atoms with Crippen molar-refractivity contribution >= 4 is 56.6 Å². The molecule has 7 nitrogen and oxygen atoms in total. The maximum absolute atomic E-state index is 12.9. The third-order valence-electron chi connectivity index (χ3n) is 4.43. The van der Waals surface area contributed by atoms with Gasteiger partial charge in [-0.1, -0.05) is 52.3 Å². The first kappa shape index (κ1) is 19.5. The third-order valence-corrected chi connectivity index (χ3v) is 4.92. The largest absolute Gasteiger partial charge is 0.422 e. The molecule has 0 spiro atoms. The molecule has 1 aliphatic heterocycles. The first-order chi connectivity index (χ1) is 14.4. The summed E-state index contributed by atoms with van der Waals surface area (Å²) >= 11 is 3.32. The summed E-state index contributed by atoms with van der Waals surface area (Å²) in [6, 6.07) is 16.6. The fourth-order valence-electron chi connectivity index (χ4n) is 3.05. The van der Waals surface area contributed by atoms with Crippen LogP contribution in [0.2, 0.25) is 0 Å². The predicted octanol–water partition coefficient (Wildman–Crippen LogP) is 3.57. The summed E-state index contributed by atoms with van der Waals surface area (Å²) in [7, 11) is 0. The number of ether oxygens (including phenoxy) is 1. The molecule has 3 aromatic rings. The number of nitrogens with one attached hydrogen (secondary N) is 2. The lowest BCUT2D eigenvalue weighted by atomic mass is 10.0. The Morgan fingerprint density at radius 1 is 0.900 bits per heavy atom. The summed E-state index contributed by atoms with van der Waals surface area (Å²) in [6.45, 7) is 0. The van der Waals surface area contributed by atoms with Crippen LogP contribution in [0.4, 0.5) is 4.79 Å². The van der Waals surface area contributed by atoms with Crippen LogP contribution in [0.3, 0.4) is 0 Å². The van der Waals surface area contributed by atoms with Crippen molar-refractivity contribution in [1.29, 1.82) is 0 Å². The van der Waals surface area contributed by atoms with Gasteiger partial charge in [-0.25, -0.2) is 9.59 Å². The molecular weight excluding hydrogens is 452 g/mol. The topological polar surface area (TPSA) is 102 Å². The summed E-state index contributed by atoms with van der Waals surface area (Å²) in [4.78, 5) is 48.2. The lowest BCUT2D eigenvalue weighted by Gasteiger charge is -2.15. The molecule has 148 valence electrons. The van der Waals surface area contributed by atoms with Crippen molar-refractivity contribution in [3.8, 4) is 5.75 Å². The highest BCUT2D eigenvalue weighted by atomic mass is 79.9. The number of halogens is 1. The number of amides is 4. The van der Waals surface area contributed by atoms with E-state index in [1.165, 1.54) is 6.08 Å². The highest BCUT2D eigenvalue weighted by Crippen LogP contribution is 2.28. The Morgan fingerprint density at radius 3 is 2.37 bits per heavy atom. The minimum Gasteiger partial charge on any atom is -0.422 e. The fraction of sp³-hybridized carbons (Fsp3) is 0. The number of urea groups is 1. The van der Waals surface area contributed by atoms with Crippen molar-refractivity contribution in [2.75, 3.05) is 0 Å². The van der Waals surface area contributed by atoms with Gasteiger partial charge in [-0.3, -0.25) is 20.2 Å². The van der Waals surface area contributed by atoms with Crippen LogP contribution in [-0.2, 0) is 9.59 Å². The molecular formula is C22H13BrN2O5. The smallest absolute Gasteiger partial charge is 0.344 e. The van der Waals surface area contributed by atoms with E-state index in [0.29, 0.717) is 15.6 Å². The molecule has 1 fully saturated rings. The normalized spacial score (nSPS) is 13.6. The van der Waals surface area contributed by atoms with Crippen molar-refractivity contribution in [1.82, 2.24) is 10.6 Å². The zero-order valence-electron chi connectivity index (χ0n) is 15.3. The van der Waals surface area contributed by atoms with Crippen molar-refractivity contribution in [2.45, 2.75) is 0 Å². The number of hydrogen-bond acceptors (Lipinski definition) is 5. The van der Waals surface area contributed by atoms with Gasteiger partial charge in [-0.15, -0.1) is 0 Å². The second-order valence-electron chi connectivity index (χ2n) is 6.39. The van der Waals surface area contributed by atoms with Crippen LogP contribution >= 0.6 is 15.9 Å². The van der Waals surface area contributed by atoms with Gasteiger partial charge in [0.1, 0.15) is 11.3 Å². The van der Waals surface area contributed by atoms with Crippen molar-refractivity contribution in [3.05, 3.63) is 81.8 Å². The first-order valence-electron chi connectivity index (χ1n) is 8.80. The number of imide groups is 2. The Hall–Kier alpha value is -3.78. The Morgan fingerprint density at radius 2 is 1.60 bits per heavy atom. The van der Waals surface area contributed by atoms with Crippen LogP contribution in [0.1, 0.15) is 15.9 Å². The minimum atomic E-state index is -0.890. The molecule has 0 radical (unpaired) electrons.